The van der Waals surface area contributed by atoms with Gasteiger partial charge in [0.2, 0.25) is 0 Å². The van der Waals surface area contributed by atoms with Crippen molar-refractivity contribution >= 4 is 21.6 Å². The van der Waals surface area contributed by atoms with E-state index in [1.165, 1.54) is 0 Å². The van der Waals surface area contributed by atoms with Crippen LogP contribution in [0.25, 0.3) is 0 Å². The largest absolute Gasteiger partial charge is 0.387 e. The fourth-order valence-corrected chi connectivity index (χ4v) is 5.87. The van der Waals surface area contributed by atoms with Gasteiger partial charge in [-0.05, 0) is 31.4 Å². The van der Waals surface area contributed by atoms with Crippen LogP contribution < -0.4 is 5.73 Å². The Bertz CT molecular complexity index is 362. The lowest BCUT2D eigenvalue weighted by molar-refractivity contribution is -0.0210. The molecule has 16 heavy (non-hydrogen) atoms. The zero-order chi connectivity index (χ0) is 11.9. The van der Waals surface area contributed by atoms with Gasteiger partial charge < -0.3 is 10.8 Å². The van der Waals surface area contributed by atoms with Gasteiger partial charge in [0.15, 0.2) is 9.84 Å². The van der Waals surface area contributed by atoms with Crippen LogP contribution in [-0.2, 0) is 9.84 Å². The number of hydrogen-bond donors (Lipinski definition) is 2. The summed E-state index contributed by atoms with van der Waals surface area (Å²) in [6.45, 7) is 0. The number of rotatable bonds is 1. The molecular formula is C10H19NO3S2. The maximum absolute atomic E-state index is 11.7. The highest BCUT2D eigenvalue weighted by atomic mass is 32.2. The third kappa shape index (κ3) is 2.25. The number of aliphatic hydroxyl groups is 1. The molecule has 3 N–H and O–H groups in total. The lowest BCUT2D eigenvalue weighted by atomic mass is 9.76. The molecule has 0 amide bonds. The Morgan fingerprint density at radius 2 is 2.00 bits per heavy atom. The number of sulfone groups is 1. The molecule has 94 valence electrons. The van der Waals surface area contributed by atoms with Gasteiger partial charge in [-0.1, -0.05) is 0 Å². The topological polar surface area (TPSA) is 80.4 Å². The average molecular weight is 265 g/mol. The maximum atomic E-state index is 11.7. The molecule has 2 saturated heterocycles. The van der Waals surface area contributed by atoms with Gasteiger partial charge in [0.25, 0.3) is 0 Å². The smallest absolute Gasteiger partial charge is 0.152 e. The quantitative estimate of drug-likeness (QED) is 0.705. The first-order chi connectivity index (χ1) is 7.37. The van der Waals surface area contributed by atoms with Crippen molar-refractivity contribution in [1.82, 2.24) is 0 Å². The molecule has 0 spiro atoms. The molecule has 0 saturated carbocycles. The second-order valence-corrected chi connectivity index (χ2v) is 8.33. The van der Waals surface area contributed by atoms with Crippen molar-refractivity contribution in [3.8, 4) is 0 Å². The molecule has 2 unspecified atom stereocenters. The number of nitrogens with two attached hydrogens (primary N) is 1. The van der Waals surface area contributed by atoms with E-state index in [9.17, 15) is 13.5 Å². The van der Waals surface area contributed by atoms with Crippen molar-refractivity contribution in [2.45, 2.75) is 36.8 Å². The van der Waals surface area contributed by atoms with Crippen LogP contribution in [0.15, 0.2) is 0 Å². The van der Waals surface area contributed by atoms with E-state index in [-0.39, 0.29) is 11.5 Å². The molecule has 2 aliphatic heterocycles. The first-order valence-electron chi connectivity index (χ1n) is 5.66. The SMILES string of the molecule is NC1(C2(O)CCCSC2)CCCS(=O)(=O)C1. The molecule has 0 radical (unpaired) electrons. The van der Waals surface area contributed by atoms with Crippen molar-refractivity contribution in [3.63, 3.8) is 0 Å². The van der Waals surface area contributed by atoms with E-state index in [1.807, 2.05) is 0 Å². The normalized spacial score (nSPS) is 44.1. The van der Waals surface area contributed by atoms with E-state index in [2.05, 4.69) is 0 Å². The summed E-state index contributed by atoms with van der Waals surface area (Å²) in [4.78, 5) is 0. The van der Waals surface area contributed by atoms with E-state index < -0.39 is 21.0 Å². The molecule has 2 rings (SSSR count). The minimum Gasteiger partial charge on any atom is -0.387 e. The molecule has 0 aromatic rings. The first-order valence-corrected chi connectivity index (χ1v) is 8.64. The van der Waals surface area contributed by atoms with Crippen molar-refractivity contribution in [1.29, 1.82) is 0 Å². The van der Waals surface area contributed by atoms with Gasteiger partial charge in [-0.2, -0.15) is 11.8 Å². The van der Waals surface area contributed by atoms with Crippen LogP contribution in [0.2, 0.25) is 0 Å². The Kier molecular flexibility index (Phi) is 3.29. The molecule has 0 aliphatic carbocycles. The summed E-state index contributed by atoms with van der Waals surface area (Å²) in [6.07, 6.45) is 2.74. The fourth-order valence-electron chi connectivity index (χ4n) is 2.68. The Balaban J connectivity index is 2.23. The second-order valence-electron chi connectivity index (χ2n) is 5.04. The van der Waals surface area contributed by atoms with Crippen LogP contribution >= 0.6 is 11.8 Å². The van der Waals surface area contributed by atoms with E-state index in [0.29, 0.717) is 25.0 Å². The standard InChI is InChI=1S/C10H19NO3S2/c11-9(3-2-6-16(13,14)8-9)10(12)4-1-5-15-7-10/h12H,1-8,11H2. The van der Waals surface area contributed by atoms with Crippen molar-refractivity contribution in [2.24, 2.45) is 5.73 Å². The van der Waals surface area contributed by atoms with Crippen LogP contribution in [0.4, 0.5) is 0 Å². The summed E-state index contributed by atoms with van der Waals surface area (Å²) in [5, 5.41) is 10.6. The zero-order valence-electron chi connectivity index (χ0n) is 9.31. The Morgan fingerprint density at radius 3 is 2.56 bits per heavy atom. The van der Waals surface area contributed by atoms with Crippen molar-refractivity contribution < 1.29 is 13.5 Å². The zero-order valence-corrected chi connectivity index (χ0v) is 10.9. The number of hydrogen-bond acceptors (Lipinski definition) is 5. The first kappa shape index (κ1) is 12.7. The van der Waals surface area contributed by atoms with Gasteiger partial charge in [-0.25, -0.2) is 8.42 Å². The van der Waals surface area contributed by atoms with E-state index >= 15 is 0 Å². The molecule has 6 heteroatoms. The lowest BCUT2D eigenvalue weighted by Crippen LogP contribution is -2.67. The highest BCUT2D eigenvalue weighted by Crippen LogP contribution is 2.39. The summed E-state index contributed by atoms with van der Waals surface area (Å²) >= 11 is 1.67. The Morgan fingerprint density at radius 1 is 1.25 bits per heavy atom. The molecule has 0 aromatic carbocycles. The minimum atomic E-state index is -3.07. The van der Waals surface area contributed by atoms with Crippen LogP contribution in [-0.4, -0.2) is 47.7 Å². The maximum Gasteiger partial charge on any atom is 0.152 e. The second kappa shape index (κ2) is 4.15. The van der Waals surface area contributed by atoms with Crippen molar-refractivity contribution in [3.05, 3.63) is 0 Å². The third-order valence-electron chi connectivity index (χ3n) is 3.70. The van der Waals surface area contributed by atoms with Gasteiger partial charge >= 0.3 is 0 Å². The highest BCUT2D eigenvalue weighted by molar-refractivity contribution is 7.99. The van der Waals surface area contributed by atoms with Gasteiger partial charge in [0.1, 0.15) is 0 Å². The highest BCUT2D eigenvalue weighted by Gasteiger charge is 2.51. The average Bonchev–Trinajstić information content (AvgIpc) is 2.16. The molecule has 2 atom stereocenters. The molecule has 0 aromatic heterocycles. The Labute approximate surface area is 101 Å². The molecule has 2 heterocycles. The predicted molar refractivity (Wildman–Crippen MR) is 66.3 cm³/mol. The van der Waals surface area contributed by atoms with E-state index in [0.717, 1.165) is 12.2 Å². The minimum absolute atomic E-state index is 0.0585. The predicted octanol–water partition coefficient (Wildman–Crippen LogP) is 0.151. The summed E-state index contributed by atoms with van der Waals surface area (Å²) in [5.41, 5.74) is 4.27. The number of thioether (sulfide) groups is 1. The van der Waals surface area contributed by atoms with Gasteiger partial charge in [0, 0.05) is 5.75 Å². The van der Waals surface area contributed by atoms with Crippen molar-refractivity contribution in [2.75, 3.05) is 23.0 Å². The van der Waals surface area contributed by atoms with Gasteiger partial charge in [0.05, 0.1) is 22.6 Å². The van der Waals surface area contributed by atoms with Gasteiger partial charge in [-0.15, -0.1) is 0 Å². The summed E-state index contributed by atoms with van der Waals surface area (Å²) in [6, 6.07) is 0. The van der Waals surface area contributed by atoms with Gasteiger partial charge in [-0.3, -0.25) is 0 Å². The molecule has 2 fully saturated rings. The van der Waals surface area contributed by atoms with Crippen LogP contribution in [0.3, 0.4) is 0 Å². The van der Waals surface area contributed by atoms with E-state index in [1.54, 1.807) is 11.8 Å². The molecule has 2 aliphatic rings. The molecular weight excluding hydrogens is 246 g/mol. The fraction of sp³-hybridized carbons (Fsp3) is 1.00. The van der Waals surface area contributed by atoms with Crippen LogP contribution in [0, 0.1) is 0 Å². The Hall–Kier alpha value is 0.220. The summed E-state index contributed by atoms with van der Waals surface area (Å²) in [5.74, 6) is 1.76. The molecule has 4 nitrogen and oxygen atoms in total. The third-order valence-corrected chi connectivity index (χ3v) is 6.83. The summed E-state index contributed by atoms with van der Waals surface area (Å²) in [7, 11) is -3.07. The molecule has 0 bridgehead atoms. The van der Waals surface area contributed by atoms with Crippen LogP contribution in [0.5, 0.6) is 0 Å². The van der Waals surface area contributed by atoms with Crippen LogP contribution in [0.1, 0.15) is 25.7 Å². The monoisotopic (exact) mass is 265 g/mol. The lowest BCUT2D eigenvalue weighted by Gasteiger charge is -2.48. The van der Waals surface area contributed by atoms with E-state index in [4.69, 9.17) is 5.73 Å². The summed E-state index contributed by atoms with van der Waals surface area (Å²) < 4.78 is 23.3.